The van der Waals surface area contributed by atoms with Crippen molar-refractivity contribution in [1.29, 1.82) is 0 Å². The van der Waals surface area contributed by atoms with Gasteiger partial charge in [0, 0.05) is 24.1 Å². The van der Waals surface area contributed by atoms with Gasteiger partial charge >= 0.3 is 0 Å². The highest BCUT2D eigenvalue weighted by atomic mass is 35.5. The first-order valence-corrected chi connectivity index (χ1v) is 8.77. The molecule has 0 unspecified atom stereocenters. The molecule has 0 saturated heterocycles. The molecular weight excluding hydrogens is 346 g/mol. The summed E-state index contributed by atoms with van der Waals surface area (Å²) >= 11 is 7.69. The van der Waals surface area contributed by atoms with Gasteiger partial charge in [-0.25, -0.2) is 0 Å². The number of methoxy groups -OCH3 is 1. The van der Waals surface area contributed by atoms with E-state index < -0.39 is 0 Å². The number of thiophene rings is 1. The van der Waals surface area contributed by atoms with Crippen LogP contribution in [0.5, 0.6) is 0 Å². The zero-order valence-corrected chi connectivity index (χ0v) is 15.1. The second-order valence-electron chi connectivity index (χ2n) is 5.41. The van der Waals surface area contributed by atoms with Gasteiger partial charge in [-0.05, 0) is 24.6 Å². The van der Waals surface area contributed by atoms with Gasteiger partial charge in [0.2, 0.25) is 0 Å². The van der Waals surface area contributed by atoms with Crippen molar-refractivity contribution in [1.82, 2.24) is 15.1 Å². The van der Waals surface area contributed by atoms with E-state index in [-0.39, 0.29) is 5.91 Å². The zero-order valence-electron chi connectivity index (χ0n) is 13.5. The number of aryl methyl sites for hydroxylation is 1. The summed E-state index contributed by atoms with van der Waals surface area (Å²) in [6.07, 6.45) is 0. The van der Waals surface area contributed by atoms with E-state index in [4.69, 9.17) is 16.3 Å². The standard InChI is InChI=1S/C17H18ClN3O2S/c1-11-13-9-15(16(22)19-7-8-23-2)24-17(13)21(20-11)10-12-5-3-4-6-14(12)18/h3-6,9H,7-8,10H2,1-2H3,(H,19,22). The summed E-state index contributed by atoms with van der Waals surface area (Å²) in [7, 11) is 1.61. The van der Waals surface area contributed by atoms with Crippen LogP contribution in [-0.4, -0.2) is 35.9 Å². The lowest BCUT2D eigenvalue weighted by Gasteiger charge is -2.05. The molecule has 0 radical (unpaired) electrons. The number of halogens is 1. The number of carbonyl (C=O) groups is 1. The van der Waals surface area contributed by atoms with Crippen molar-refractivity contribution in [2.24, 2.45) is 0 Å². The van der Waals surface area contributed by atoms with E-state index in [9.17, 15) is 4.79 Å². The molecule has 0 spiro atoms. The number of ether oxygens (including phenoxy) is 1. The number of fused-ring (bicyclic) bond motifs is 1. The minimum absolute atomic E-state index is 0.0862. The molecule has 7 heteroatoms. The van der Waals surface area contributed by atoms with Gasteiger partial charge in [-0.15, -0.1) is 11.3 Å². The molecule has 0 aliphatic heterocycles. The van der Waals surface area contributed by atoms with E-state index in [1.807, 2.05) is 41.9 Å². The third kappa shape index (κ3) is 3.45. The highest BCUT2D eigenvalue weighted by molar-refractivity contribution is 7.20. The summed E-state index contributed by atoms with van der Waals surface area (Å²) in [6, 6.07) is 9.61. The van der Waals surface area contributed by atoms with Gasteiger partial charge < -0.3 is 10.1 Å². The van der Waals surface area contributed by atoms with Crippen LogP contribution < -0.4 is 5.32 Å². The van der Waals surface area contributed by atoms with Crippen LogP contribution in [0.2, 0.25) is 5.02 Å². The van der Waals surface area contributed by atoms with Gasteiger partial charge in [-0.2, -0.15) is 5.10 Å². The minimum Gasteiger partial charge on any atom is -0.383 e. The van der Waals surface area contributed by atoms with E-state index in [1.165, 1.54) is 11.3 Å². The summed E-state index contributed by atoms with van der Waals surface area (Å²) in [4.78, 5) is 13.9. The molecule has 1 aromatic carbocycles. The average molecular weight is 364 g/mol. The molecule has 0 fully saturated rings. The molecule has 0 atom stereocenters. The molecular formula is C17H18ClN3O2S. The van der Waals surface area contributed by atoms with Crippen LogP contribution in [0.4, 0.5) is 0 Å². The van der Waals surface area contributed by atoms with E-state index in [2.05, 4.69) is 10.4 Å². The highest BCUT2D eigenvalue weighted by Gasteiger charge is 2.16. The van der Waals surface area contributed by atoms with Crippen molar-refractivity contribution >= 4 is 39.1 Å². The number of hydrogen-bond donors (Lipinski definition) is 1. The molecule has 3 rings (SSSR count). The Morgan fingerprint density at radius 1 is 1.42 bits per heavy atom. The average Bonchev–Trinajstić information content (AvgIpc) is 3.12. The lowest BCUT2D eigenvalue weighted by Crippen LogP contribution is -2.26. The van der Waals surface area contributed by atoms with Crippen LogP contribution >= 0.6 is 22.9 Å². The first-order chi connectivity index (χ1) is 11.6. The van der Waals surface area contributed by atoms with Gasteiger partial charge in [-0.1, -0.05) is 29.8 Å². The molecule has 2 heterocycles. The second-order valence-corrected chi connectivity index (χ2v) is 6.85. The molecule has 126 valence electrons. The maximum atomic E-state index is 12.2. The van der Waals surface area contributed by atoms with Crippen molar-refractivity contribution in [3.63, 3.8) is 0 Å². The lowest BCUT2D eigenvalue weighted by molar-refractivity contribution is 0.0941. The maximum absolute atomic E-state index is 12.2. The molecule has 5 nitrogen and oxygen atoms in total. The Bertz CT molecular complexity index is 872. The van der Waals surface area contributed by atoms with E-state index in [0.717, 1.165) is 21.5 Å². The van der Waals surface area contributed by atoms with Crippen molar-refractivity contribution in [3.05, 3.63) is 51.5 Å². The number of hydrogen-bond acceptors (Lipinski definition) is 4. The smallest absolute Gasteiger partial charge is 0.261 e. The van der Waals surface area contributed by atoms with Crippen LogP contribution in [0, 0.1) is 6.92 Å². The van der Waals surface area contributed by atoms with Crippen molar-refractivity contribution in [3.8, 4) is 0 Å². The third-order valence-electron chi connectivity index (χ3n) is 3.70. The Balaban J connectivity index is 1.87. The van der Waals surface area contributed by atoms with Crippen molar-refractivity contribution in [2.45, 2.75) is 13.5 Å². The van der Waals surface area contributed by atoms with Gasteiger partial charge in [0.05, 0.1) is 23.7 Å². The highest BCUT2D eigenvalue weighted by Crippen LogP contribution is 2.29. The van der Waals surface area contributed by atoms with Gasteiger partial charge in [0.15, 0.2) is 0 Å². The zero-order chi connectivity index (χ0) is 17.1. The molecule has 1 N–H and O–H groups in total. The Morgan fingerprint density at radius 2 is 2.21 bits per heavy atom. The summed E-state index contributed by atoms with van der Waals surface area (Å²) in [5.74, 6) is -0.0862. The summed E-state index contributed by atoms with van der Waals surface area (Å²) in [5.41, 5.74) is 1.91. The predicted molar refractivity (Wildman–Crippen MR) is 97.1 cm³/mol. The number of benzene rings is 1. The number of nitrogens with zero attached hydrogens (tertiary/aromatic N) is 2. The fraction of sp³-hybridized carbons (Fsp3) is 0.294. The largest absolute Gasteiger partial charge is 0.383 e. The van der Waals surface area contributed by atoms with Crippen LogP contribution in [0.15, 0.2) is 30.3 Å². The predicted octanol–water partition coefficient (Wildman–Crippen LogP) is 3.48. The Kier molecular flexibility index (Phi) is 5.18. The second kappa shape index (κ2) is 7.34. The van der Waals surface area contributed by atoms with Crippen LogP contribution in [0.25, 0.3) is 10.2 Å². The SMILES string of the molecule is COCCNC(=O)c1cc2c(C)nn(Cc3ccccc3Cl)c2s1. The molecule has 1 amide bonds. The van der Waals surface area contributed by atoms with Gasteiger partial charge in [0.25, 0.3) is 5.91 Å². The number of aromatic nitrogens is 2. The molecule has 3 aromatic rings. The monoisotopic (exact) mass is 363 g/mol. The number of nitrogens with one attached hydrogen (secondary N) is 1. The van der Waals surface area contributed by atoms with E-state index in [0.29, 0.717) is 29.6 Å². The van der Waals surface area contributed by atoms with E-state index >= 15 is 0 Å². The fourth-order valence-electron chi connectivity index (χ4n) is 2.47. The molecule has 0 aliphatic carbocycles. The maximum Gasteiger partial charge on any atom is 0.261 e. The number of carbonyl (C=O) groups excluding carboxylic acids is 1. The number of amides is 1. The van der Waals surface area contributed by atoms with Crippen LogP contribution in [0.3, 0.4) is 0 Å². The molecule has 2 aromatic heterocycles. The quantitative estimate of drug-likeness (QED) is 0.682. The van der Waals surface area contributed by atoms with Gasteiger partial charge in [-0.3, -0.25) is 9.48 Å². The molecule has 0 bridgehead atoms. The molecule has 24 heavy (non-hydrogen) atoms. The molecule has 0 saturated carbocycles. The van der Waals surface area contributed by atoms with Crippen molar-refractivity contribution < 1.29 is 9.53 Å². The van der Waals surface area contributed by atoms with Crippen LogP contribution in [-0.2, 0) is 11.3 Å². The first kappa shape index (κ1) is 17.0. The molecule has 0 aliphatic rings. The fourth-order valence-corrected chi connectivity index (χ4v) is 3.75. The Hall–Kier alpha value is -1.89. The van der Waals surface area contributed by atoms with Crippen molar-refractivity contribution in [2.75, 3.05) is 20.3 Å². The lowest BCUT2D eigenvalue weighted by atomic mass is 10.2. The van der Waals surface area contributed by atoms with Crippen LogP contribution in [0.1, 0.15) is 20.9 Å². The Labute approximate surface area is 149 Å². The third-order valence-corrected chi connectivity index (χ3v) is 5.22. The number of rotatable bonds is 6. The Morgan fingerprint density at radius 3 is 2.96 bits per heavy atom. The summed E-state index contributed by atoms with van der Waals surface area (Å²) in [6.45, 7) is 3.52. The van der Waals surface area contributed by atoms with Gasteiger partial charge in [0.1, 0.15) is 4.83 Å². The summed E-state index contributed by atoms with van der Waals surface area (Å²) < 4.78 is 6.86. The minimum atomic E-state index is -0.0862. The normalized spacial score (nSPS) is 11.1. The van der Waals surface area contributed by atoms with E-state index in [1.54, 1.807) is 7.11 Å². The summed E-state index contributed by atoms with van der Waals surface area (Å²) in [5, 5.41) is 9.14. The first-order valence-electron chi connectivity index (χ1n) is 7.57. The topological polar surface area (TPSA) is 56.1 Å².